The largest absolute Gasteiger partial charge is 0.489 e. The van der Waals surface area contributed by atoms with Gasteiger partial charge in [-0.1, -0.05) is 25.3 Å². The van der Waals surface area contributed by atoms with Crippen molar-refractivity contribution < 1.29 is 14.3 Å². The highest BCUT2D eigenvalue weighted by atomic mass is 16.5. The molecular formula is C13H15NO3. The molecule has 1 aromatic carbocycles. The number of carbonyl (C=O) groups is 1. The molecule has 0 heterocycles. The number of ether oxygens (including phenoxy) is 2. The summed E-state index contributed by atoms with van der Waals surface area (Å²) in [6.45, 7) is 7.92. The fraction of sp³-hybridized carbons (Fsp3) is 0.154. The zero-order valence-corrected chi connectivity index (χ0v) is 9.52. The highest BCUT2D eigenvalue weighted by Crippen LogP contribution is 2.26. The molecule has 17 heavy (non-hydrogen) atoms. The van der Waals surface area contributed by atoms with E-state index in [1.807, 2.05) is 0 Å². The van der Waals surface area contributed by atoms with E-state index in [2.05, 4.69) is 18.5 Å². The molecule has 0 aliphatic heterocycles. The summed E-state index contributed by atoms with van der Waals surface area (Å²) >= 11 is 0. The molecule has 0 bridgehead atoms. The van der Waals surface area contributed by atoms with Crippen LogP contribution in [-0.2, 0) is 4.79 Å². The van der Waals surface area contributed by atoms with Gasteiger partial charge >= 0.3 is 0 Å². The maximum absolute atomic E-state index is 10.4. The molecule has 0 spiro atoms. The van der Waals surface area contributed by atoms with Gasteiger partial charge in [0.2, 0.25) is 6.41 Å². The summed E-state index contributed by atoms with van der Waals surface area (Å²) < 4.78 is 10.8. The first-order valence-corrected chi connectivity index (χ1v) is 5.13. The van der Waals surface area contributed by atoms with Crippen molar-refractivity contribution in [2.45, 2.75) is 0 Å². The van der Waals surface area contributed by atoms with E-state index in [0.717, 1.165) is 0 Å². The Morgan fingerprint density at radius 3 is 2.00 bits per heavy atom. The Kier molecular flexibility index (Phi) is 5.37. The van der Waals surface area contributed by atoms with Crippen molar-refractivity contribution in [2.24, 2.45) is 0 Å². The molecule has 0 atom stereocenters. The van der Waals surface area contributed by atoms with E-state index in [1.165, 1.54) is 0 Å². The van der Waals surface area contributed by atoms with Gasteiger partial charge in [0.25, 0.3) is 0 Å². The molecule has 4 heteroatoms. The standard InChI is InChI=1S/C13H15NO3/c1-3-5-16-12-7-11(14-10-15)8-13(9-12)17-6-4-2/h3-4,7-10H,1-2,5-6H2,(H,14,15). The number of carbonyl (C=O) groups excluding carboxylic acids is 1. The number of rotatable bonds is 8. The summed E-state index contributed by atoms with van der Waals surface area (Å²) in [5.74, 6) is 1.21. The zero-order chi connectivity index (χ0) is 12.5. The molecular weight excluding hydrogens is 218 g/mol. The predicted molar refractivity (Wildman–Crippen MR) is 67.5 cm³/mol. The monoisotopic (exact) mass is 233 g/mol. The van der Waals surface area contributed by atoms with E-state index >= 15 is 0 Å². The molecule has 0 radical (unpaired) electrons. The quantitative estimate of drug-likeness (QED) is 0.554. The molecule has 1 aromatic rings. The molecule has 0 unspecified atom stereocenters. The predicted octanol–water partition coefficient (Wildman–Crippen LogP) is 2.38. The minimum Gasteiger partial charge on any atom is -0.489 e. The third-order valence-corrected chi connectivity index (χ3v) is 1.84. The molecule has 4 nitrogen and oxygen atoms in total. The van der Waals surface area contributed by atoms with Gasteiger partial charge in [-0.05, 0) is 0 Å². The SMILES string of the molecule is C=CCOc1cc(NC=O)cc(OCC=C)c1. The summed E-state index contributed by atoms with van der Waals surface area (Å²) in [6.07, 6.45) is 3.89. The maximum Gasteiger partial charge on any atom is 0.211 e. The van der Waals surface area contributed by atoms with Gasteiger partial charge in [0.05, 0.1) is 0 Å². The van der Waals surface area contributed by atoms with Crippen molar-refractivity contribution in [1.29, 1.82) is 0 Å². The molecule has 1 rings (SSSR count). The van der Waals surface area contributed by atoms with Gasteiger partial charge in [0, 0.05) is 23.9 Å². The molecule has 1 N–H and O–H groups in total. The molecule has 90 valence electrons. The van der Waals surface area contributed by atoms with Gasteiger partial charge in [-0.3, -0.25) is 4.79 Å². The smallest absolute Gasteiger partial charge is 0.211 e. The second-order valence-electron chi connectivity index (χ2n) is 3.15. The van der Waals surface area contributed by atoms with Crippen LogP contribution in [0.1, 0.15) is 0 Å². The highest BCUT2D eigenvalue weighted by molar-refractivity contribution is 5.73. The van der Waals surface area contributed by atoms with Crippen LogP contribution in [0.4, 0.5) is 5.69 Å². The normalized spacial score (nSPS) is 9.18. The van der Waals surface area contributed by atoms with Crippen molar-refractivity contribution in [2.75, 3.05) is 18.5 Å². The summed E-state index contributed by atoms with van der Waals surface area (Å²) in [5.41, 5.74) is 0.612. The van der Waals surface area contributed by atoms with Crippen LogP contribution < -0.4 is 14.8 Å². The van der Waals surface area contributed by atoms with Crippen molar-refractivity contribution in [3.8, 4) is 11.5 Å². The van der Waals surface area contributed by atoms with Crippen molar-refractivity contribution in [3.63, 3.8) is 0 Å². The van der Waals surface area contributed by atoms with Crippen LogP contribution in [0.5, 0.6) is 11.5 Å². The molecule has 1 amide bonds. The van der Waals surface area contributed by atoms with Gasteiger partial charge in [-0.25, -0.2) is 0 Å². The first-order valence-electron chi connectivity index (χ1n) is 5.13. The zero-order valence-electron chi connectivity index (χ0n) is 9.52. The Morgan fingerprint density at radius 1 is 1.06 bits per heavy atom. The molecule has 0 saturated heterocycles. The average Bonchev–Trinajstić information content (AvgIpc) is 2.34. The van der Waals surface area contributed by atoms with Crippen LogP contribution in [0.25, 0.3) is 0 Å². The Bertz CT molecular complexity index is 371. The molecule has 0 saturated carbocycles. The third-order valence-electron chi connectivity index (χ3n) is 1.84. The van der Waals surface area contributed by atoms with Crippen molar-refractivity contribution in [1.82, 2.24) is 0 Å². The van der Waals surface area contributed by atoms with Crippen LogP contribution in [0.3, 0.4) is 0 Å². The Morgan fingerprint density at radius 2 is 1.59 bits per heavy atom. The average molecular weight is 233 g/mol. The van der Waals surface area contributed by atoms with Crippen LogP contribution >= 0.6 is 0 Å². The van der Waals surface area contributed by atoms with E-state index in [4.69, 9.17) is 9.47 Å². The number of amides is 1. The Hall–Kier alpha value is -2.23. The van der Waals surface area contributed by atoms with E-state index in [1.54, 1.807) is 30.4 Å². The van der Waals surface area contributed by atoms with Crippen LogP contribution in [0.15, 0.2) is 43.5 Å². The van der Waals surface area contributed by atoms with Gasteiger partial charge in [-0.15, -0.1) is 0 Å². The van der Waals surface area contributed by atoms with Gasteiger partial charge < -0.3 is 14.8 Å². The molecule has 0 aromatic heterocycles. The second kappa shape index (κ2) is 7.11. The molecule has 0 fully saturated rings. The Labute approximate surface area is 101 Å². The third kappa shape index (κ3) is 4.42. The number of nitrogens with one attached hydrogen (secondary N) is 1. The summed E-state index contributed by atoms with van der Waals surface area (Å²) in [5, 5.41) is 2.55. The van der Waals surface area contributed by atoms with Crippen LogP contribution in [0, 0.1) is 0 Å². The van der Waals surface area contributed by atoms with Gasteiger partial charge in [-0.2, -0.15) is 0 Å². The first-order chi connectivity index (χ1) is 8.30. The summed E-state index contributed by atoms with van der Waals surface area (Å²) in [6, 6.07) is 5.15. The molecule has 0 aliphatic rings. The van der Waals surface area contributed by atoms with E-state index < -0.39 is 0 Å². The number of benzene rings is 1. The van der Waals surface area contributed by atoms with E-state index in [-0.39, 0.29) is 0 Å². The fourth-order valence-corrected chi connectivity index (χ4v) is 1.20. The lowest BCUT2D eigenvalue weighted by atomic mass is 10.3. The van der Waals surface area contributed by atoms with Gasteiger partial charge in [0.1, 0.15) is 24.7 Å². The highest BCUT2D eigenvalue weighted by Gasteiger charge is 2.02. The maximum atomic E-state index is 10.4. The van der Waals surface area contributed by atoms with Crippen LogP contribution in [0.2, 0.25) is 0 Å². The Balaban J connectivity index is 2.86. The lowest BCUT2D eigenvalue weighted by molar-refractivity contribution is -0.105. The number of hydrogen-bond acceptors (Lipinski definition) is 3. The first kappa shape index (κ1) is 12.8. The summed E-state index contributed by atoms with van der Waals surface area (Å²) in [4.78, 5) is 10.4. The minimum atomic E-state index is 0.394. The van der Waals surface area contributed by atoms with Crippen LogP contribution in [-0.4, -0.2) is 19.6 Å². The minimum absolute atomic E-state index is 0.394. The number of hydrogen-bond donors (Lipinski definition) is 1. The van der Waals surface area contributed by atoms with E-state index in [9.17, 15) is 4.79 Å². The van der Waals surface area contributed by atoms with Crippen molar-refractivity contribution in [3.05, 3.63) is 43.5 Å². The topological polar surface area (TPSA) is 47.6 Å². The van der Waals surface area contributed by atoms with Gasteiger partial charge in [0.15, 0.2) is 0 Å². The lowest BCUT2D eigenvalue weighted by Gasteiger charge is -2.10. The van der Waals surface area contributed by atoms with Crippen molar-refractivity contribution >= 4 is 12.1 Å². The molecule has 0 aliphatic carbocycles. The summed E-state index contributed by atoms with van der Waals surface area (Å²) in [7, 11) is 0. The lowest BCUT2D eigenvalue weighted by Crippen LogP contribution is -1.99. The van der Waals surface area contributed by atoms with E-state index in [0.29, 0.717) is 36.8 Å². The second-order valence-corrected chi connectivity index (χ2v) is 3.15. The number of anilines is 1. The fourth-order valence-electron chi connectivity index (χ4n) is 1.20.